The minimum absolute atomic E-state index is 0.228. The fourth-order valence-corrected chi connectivity index (χ4v) is 3.81. The van der Waals surface area contributed by atoms with Crippen LogP contribution in [0.3, 0.4) is 0 Å². The number of nitrogens with one attached hydrogen (secondary N) is 1. The number of rotatable bonds is 8. The van der Waals surface area contributed by atoms with Gasteiger partial charge in [0, 0.05) is 12.3 Å². The lowest BCUT2D eigenvalue weighted by molar-refractivity contribution is -0.122. The summed E-state index contributed by atoms with van der Waals surface area (Å²) in [6.45, 7) is 2.00. The molecule has 8 heteroatoms. The van der Waals surface area contributed by atoms with Gasteiger partial charge in [-0.3, -0.25) is 14.1 Å². The lowest BCUT2D eigenvalue weighted by Crippen LogP contribution is -2.49. The van der Waals surface area contributed by atoms with Gasteiger partial charge in [0.15, 0.2) is 0 Å². The number of anilines is 1. The van der Waals surface area contributed by atoms with Crippen molar-refractivity contribution in [3.05, 3.63) is 54.4 Å². The Bertz CT molecular complexity index is 841. The summed E-state index contributed by atoms with van der Waals surface area (Å²) < 4.78 is 31.1. The molecule has 140 valence electrons. The molecule has 26 heavy (non-hydrogen) atoms. The zero-order valence-electron chi connectivity index (χ0n) is 15.0. The molecule has 2 rings (SSSR count). The molecule has 7 nitrogen and oxygen atoms in total. The van der Waals surface area contributed by atoms with Crippen LogP contribution in [0, 0.1) is 0 Å². The van der Waals surface area contributed by atoms with E-state index in [0.29, 0.717) is 23.6 Å². The highest BCUT2D eigenvalue weighted by Crippen LogP contribution is 2.26. The van der Waals surface area contributed by atoms with Gasteiger partial charge in [0.1, 0.15) is 11.8 Å². The molecule has 1 aromatic heterocycles. The summed E-state index contributed by atoms with van der Waals surface area (Å²) in [5.74, 6) is 0.131. The zero-order valence-corrected chi connectivity index (χ0v) is 15.9. The molecule has 0 saturated carbocycles. The number of ether oxygens (including phenoxy) is 1. The third-order valence-corrected chi connectivity index (χ3v) is 4.99. The zero-order chi connectivity index (χ0) is 19.2. The number of benzene rings is 1. The van der Waals surface area contributed by atoms with Crippen molar-refractivity contribution in [3.63, 3.8) is 0 Å². The predicted octanol–water partition coefficient (Wildman–Crippen LogP) is 1.95. The normalized spacial score (nSPS) is 12.3. The van der Waals surface area contributed by atoms with Crippen LogP contribution in [0.25, 0.3) is 0 Å². The highest BCUT2D eigenvalue weighted by atomic mass is 32.2. The molecule has 0 bridgehead atoms. The van der Waals surface area contributed by atoms with Crippen molar-refractivity contribution in [1.82, 2.24) is 10.3 Å². The molecule has 0 radical (unpaired) electrons. The van der Waals surface area contributed by atoms with Crippen LogP contribution in [-0.2, 0) is 21.4 Å². The molecule has 2 aromatic rings. The van der Waals surface area contributed by atoms with Gasteiger partial charge in [-0.25, -0.2) is 8.42 Å². The number of hydrogen-bond donors (Lipinski definition) is 1. The van der Waals surface area contributed by atoms with Crippen LogP contribution in [0.15, 0.2) is 48.7 Å². The Morgan fingerprint density at radius 1 is 1.27 bits per heavy atom. The topological polar surface area (TPSA) is 88.6 Å². The minimum Gasteiger partial charge on any atom is -0.497 e. The summed E-state index contributed by atoms with van der Waals surface area (Å²) >= 11 is 0. The van der Waals surface area contributed by atoms with Gasteiger partial charge in [0.2, 0.25) is 15.9 Å². The fraction of sp³-hybridized carbons (Fsp3) is 0.333. The average molecular weight is 377 g/mol. The van der Waals surface area contributed by atoms with Crippen LogP contribution in [0.1, 0.15) is 19.0 Å². The Balaban J connectivity index is 2.27. The first kappa shape index (κ1) is 19.7. The van der Waals surface area contributed by atoms with E-state index in [1.54, 1.807) is 49.5 Å². The first-order valence-electron chi connectivity index (χ1n) is 8.18. The molecule has 0 aliphatic carbocycles. The molecule has 1 aromatic carbocycles. The maximum atomic E-state index is 12.7. The maximum Gasteiger partial charge on any atom is 0.244 e. The number of methoxy groups -OCH3 is 1. The highest BCUT2D eigenvalue weighted by Gasteiger charge is 2.31. The largest absolute Gasteiger partial charge is 0.497 e. The van der Waals surface area contributed by atoms with Crippen LogP contribution in [-0.4, -0.2) is 38.7 Å². The van der Waals surface area contributed by atoms with Crippen molar-refractivity contribution in [1.29, 1.82) is 0 Å². The monoisotopic (exact) mass is 377 g/mol. The number of carbonyl (C=O) groups excluding carboxylic acids is 1. The first-order valence-corrected chi connectivity index (χ1v) is 10.0. The Kier molecular flexibility index (Phi) is 6.57. The van der Waals surface area contributed by atoms with Crippen LogP contribution in [0.5, 0.6) is 5.75 Å². The third-order valence-electron chi connectivity index (χ3n) is 3.81. The number of carbonyl (C=O) groups is 1. The quantitative estimate of drug-likeness (QED) is 0.760. The van der Waals surface area contributed by atoms with Gasteiger partial charge in [0.25, 0.3) is 0 Å². The van der Waals surface area contributed by atoms with E-state index in [1.807, 2.05) is 6.07 Å². The van der Waals surface area contributed by atoms with Gasteiger partial charge in [-0.15, -0.1) is 0 Å². The third kappa shape index (κ3) is 4.95. The Labute approximate surface area is 154 Å². The molecule has 0 spiro atoms. The molecule has 1 heterocycles. The first-order chi connectivity index (χ1) is 12.4. The second kappa shape index (κ2) is 8.66. The van der Waals surface area contributed by atoms with Crippen molar-refractivity contribution in [3.8, 4) is 5.75 Å². The summed E-state index contributed by atoms with van der Waals surface area (Å²) in [7, 11) is -2.18. The lowest BCUT2D eigenvalue weighted by Gasteiger charge is -2.30. The van der Waals surface area contributed by atoms with Crippen LogP contribution in [0.4, 0.5) is 5.69 Å². The van der Waals surface area contributed by atoms with Crippen LogP contribution >= 0.6 is 0 Å². The summed E-state index contributed by atoms with van der Waals surface area (Å²) in [5, 5.41) is 2.76. The van der Waals surface area contributed by atoms with E-state index < -0.39 is 16.1 Å². The van der Waals surface area contributed by atoms with E-state index in [2.05, 4.69) is 10.3 Å². The van der Waals surface area contributed by atoms with Crippen LogP contribution < -0.4 is 14.4 Å². The molecule has 1 N–H and O–H groups in total. The fourth-order valence-electron chi connectivity index (χ4n) is 2.61. The highest BCUT2D eigenvalue weighted by molar-refractivity contribution is 7.92. The van der Waals surface area contributed by atoms with Crippen molar-refractivity contribution >= 4 is 21.6 Å². The van der Waals surface area contributed by atoms with E-state index in [0.717, 1.165) is 10.6 Å². The van der Waals surface area contributed by atoms with E-state index in [9.17, 15) is 13.2 Å². The molecular formula is C18H23N3O4S. The van der Waals surface area contributed by atoms with Crippen molar-refractivity contribution in [2.45, 2.75) is 25.9 Å². The number of amides is 1. The number of nitrogens with zero attached hydrogens (tertiary/aromatic N) is 2. The van der Waals surface area contributed by atoms with Crippen LogP contribution in [0.2, 0.25) is 0 Å². The lowest BCUT2D eigenvalue weighted by atomic mass is 10.2. The van der Waals surface area contributed by atoms with Crippen molar-refractivity contribution in [2.24, 2.45) is 0 Å². The number of pyridine rings is 1. The standard InChI is InChI=1S/C18H23N3O4S/c1-4-17(18(22)20-13-14-8-5-6-11-19-14)21(26(3,23)24)15-9-7-10-16(12-15)25-2/h5-12,17H,4,13H2,1-3H3,(H,20,22)/t17-/m1/s1. The van der Waals surface area contributed by atoms with Gasteiger partial charge in [0.05, 0.1) is 31.3 Å². The van der Waals surface area contributed by atoms with Gasteiger partial charge in [-0.1, -0.05) is 19.1 Å². The van der Waals surface area contributed by atoms with E-state index >= 15 is 0 Å². The molecule has 0 unspecified atom stereocenters. The Hall–Kier alpha value is -2.61. The predicted molar refractivity (Wildman–Crippen MR) is 100 cm³/mol. The minimum atomic E-state index is -3.68. The van der Waals surface area contributed by atoms with Gasteiger partial charge in [-0.2, -0.15) is 0 Å². The van der Waals surface area contributed by atoms with Crippen molar-refractivity contribution in [2.75, 3.05) is 17.7 Å². The SMILES string of the molecule is CC[C@H](C(=O)NCc1ccccn1)N(c1cccc(OC)c1)S(C)(=O)=O. The average Bonchev–Trinajstić information content (AvgIpc) is 2.63. The molecule has 1 amide bonds. The summed E-state index contributed by atoms with van der Waals surface area (Å²) in [5.41, 5.74) is 1.08. The van der Waals surface area contributed by atoms with Gasteiger partial charge >= 0.3 is 0 Å². The second-order valence-electron chi connectivity index (χ2n) is 5.72. The summed E-state index contributed by atoms with van der Waals surface area (Å²) in [4.78, 5) is 16.8. The molecule has 0 aliphatic rings. The molecule has 0 aliphatic heterocycles. The number of hydrogen-bond acceptors (Lipinski definition) is 5. The second-order valence-corrected chi connectivity index (χ2v) is 7.58. The smallest absolute Gasteiger partial charge is 0.244 e. The molecule has 0 saturated heterocycles. The van der Waals surface area contributed by atoms with E-state index in [-0.39, 0.29) is 12.5 Å². The molecular weight excluding hydrogens is 354 g/mol. The molecule has 0 fully saturated rings. The summed E-state index contributed by atoms with van der Waals surface area (Å²) in [6.07, 6.45) is 3.04. The summed E-state index contributed by atoms with van der Waals surface area (Å²) in [6, 6.07) is 11.2. The Morgan fingerprint density at radius 2 is 2.04 bits per heavy atom. The van der Waals surface area contributed by atoms with Gasteiger partial charge in [-0.05, 0) is 30.7 Å². The van der Waals surface area contributed by atoms with Gasteiger partial charge < -0.3 is 10.1 Å². The number of sulfonamides is 1. The Morgan fingerprint density at radius 3 is 2.62 bits per heavy atom. The van der Waals surface area contributed by atoms with E-state index in [4.69, 9.17) is 4.74 Å². The van der Waals surface area contributed by atoms with E-state index in [1.165, 1.54) is 7.11 Å². The maximum absolute atomic E-state index is 12.7. The number of aromatic nitrogens is 1. The van der Waals surface area contributed by atoms with Crippen molar-refractivity contribution < 1.29 is 17.9 Å². The molecule has 1 atom stereocenters.